The monoisotopic (exact) mass is 212 g/mol. The molecule has 0 aromatic rings. The van der Waals surface area contributed by atoms with Crippen LogP contribution in [0.3, 0.4) is 0 Å². The Morgan fingerprint density at radius 2 is 1.53 bits per heavy atom. The Kier molecular flexibility index (Phi) is 2.67. The van der Waals surface area contributed by atoms with E-state index in [-0.39, 0.29) is 22.8 Å². The van der Waals surface area contributed by atoms with Gasteiger partial charge in [-0.2, -0.15) is 0 Å². The lowest BCUT2D eigenvalue weighted by Crippen LogP contribution is -2.52. The van der Waals surface area contributed by atoms with Crippen molar-refractivity contribution in [3.8, 4) is 0 Å². The standard InChI is InChI=1S/C12H24N2O/c1-10(2)8(11(10,3)4)14-9(15)12(5,6)13-7/h8,13H,1-7H3,(H,14,15). The van der Waals surface area contributed by atoms with E-state index < -0.39 is 5.54 Å². The summed E-state index contributed by atoms with van der Waals surface area (Å²) in [5.74, 6) is 0.0775. The molecule has 1 aliphatic rings. The van der Waals surface area contributed by atoms with Crippen LogP contribution in [0, 0.1) is 10.8 Å². The molecule has 0 atom stereocenters. The average Bonchev–Trinajstić information content (AvgIpc) is 2.48. The second-order valence-electron chi connectivity index (χ2n) is 6.22. The molecule has 2 N–H and O–H groups in total. The molecule has 0 unspecified atom stereocenters. The van der Waals surface area contributed by atoms with Gasteiger partial charge in [-0.05, 0) is 31.7 Å². The van der Waals surface area contributed by atoms with Crippen molar-refractivity contribution in [2.75, 3.05) is 7.05 Å². The van der Waals surface area contributed by atoms with Crippen molar-refractivity contribution in [3.05, 3.63) is 0 Å². The third kappa shape index (κ3) is 1.78. The molecule has 88 valence electrons. The summed E-state index contributed by atoms with van der Waals surface area (Å²) in [4.78, 5) is 11.9. The minimum atomic E-state index is -0.491. The van der Waals surface area contributed by atoms with Crippen molar-refractivity contribution in [2.24, 2.45) is 10.8 Å². The molecule has 0 aromatic carbocycles. The Balaban J connectivity index is 2.64. The van der Waals surface area contributed by atoms with Crippen LogP contribution in [0.1, 0.15) is 41.5 Å². The average molecular weight is 212 g/mol. The predicted octanol–water partition coefficient (Wildman–Crippen LogP) is 1.54. The quantitative estimate of drug-likeness (QED) is 0.745. The molecule has 0 radical (unpaired) electrons. The van der Waals surface area contributed by atoms with Crippen LogP contribution in [0.25, 0.3) is 0 Å². The summed E-state index contributed by atoms with van der Waals surface area (Å²) in [6.45, 7) is 12.6. The Labute approximate surface area is 93.0 Å². The summed E-state index contributed by atoms with van der Waals surface area (Å²) < 4.78 is 0. The minimum Gasteiger partial charge on any atom is -0.351 e. The van der Waals surface area contributed by atoms with E-state index in [1.165, 1.54) is 0 Å². The number of amides is 1. The molecule has 1 amide bonds. The number of hydrogen-bond donors (Lipinski definition) is 2. The van der Waals surface area contributed by atoms with Gasteiger partial charge in [0, 0.05) is 6.04 Å². The topological polar surface area (TPSA) is 41.1 Å². The van der Waals surface area contributed by atoms with Gasteiger partial charge in [-0.1, -0.05) is 27.7 Å². The van der Waals surface area contributed by atoms with Crippen molar-refractivity contribution in [1.82, 2.24) is 10.6 Å². The highest BCUT2D eigenvalue weighted by atomic mass is 16.2. The van der Waals surface area contributed by atoms with Crippen LogP contribution in [0.4, 0.5) is 0 Å². The van der Waals surface area contributed by atoms with Gasteiger partial charge in [0.25, 0.3) is 0 Å². The fourth-order valence-corrected chi connectivity index (χ4v) is 1.98. The molecule has 0 spiro atoms. The van der Waals surface area contributed by atoms with E-state index >= 15 is 0 Å². The molecule has 0 heterocycles. The van der Waals surface area contributed by atoms with Gasteiger partial charge >= 0.3 is 0 Å². The van der Waals surface area contributed by atoms with E-state index in [0.717, 1.165) is 0 Å². The van der Waals surface area contributed by atoms with Gasteiger partial charge < -0.3 is 10.6 Å². The Morgan fingerprint density at radius 3 is 1.80 bits per heavy atom. The van der Waals surface area contributed by atoms with Crippen LogP contribution in [0.5, 0.6) is 0 Å². The van der Waals surface area contributed by atoms with Crippen molar-refractivity contribution in [3.63, 3.8) is 0 Å². The van der Waals surface area contributed by atoms with E-state index in [9.17, 15) is 4.79 Å². The second-order valence-corrected chi connectivity index (χ2v) is 6.22. The maximum Gasteiger partial charge on any atom is 0.239 e. The molecule has 0 saturated heterocycles. The molecule has 1 fully saturated rings. The van der Waals surface area contributed by atoms with Crippen LogP contribution >= 0.6 is 0 Å². The number of hydrogen-bond acceptors (Lipinski definition) is 2. The molecular formula is C12H24N2O. The summed E-state index contributed by atoms with van der Waals surface area (Å²) in [5.41, 5.74) is -0.0896. The lowest BCUT2D eigenvalue weighted by molar-refractivity contribution is -0.126. The SMILES string of the molecule is CNC(C)(C)C(=O)NC1C(C)(C)C1(C)C. The predicted molar refractivity (Wildman–Crippen MR) is 62.6 cm³/mol. The Hall–Kier alpha value is -0.570. The van der Waals surface area contributed by atoms with Gasteiger partial charge in [-0.3, -0.25) is 4.79 Å². The molecule has 15 heavy (non-hydrogen) atoms. The highest BCUT2D eigenvalue weighted by molar-refractivity contribution is 5.86. The zero-order valence-corrected chi connectivity index (χ0v) is 11.0. The first-order valence-electron chi connectivity index (χ1n) is 5.57. The van der Waals surface area contributed by atoms with Gasteiger partial charge in [0.1, 0.15) is 0 Å². The Bertz CT molecular complexity index is 265. The molecule has 1 saturated carbocycles. The van der Waals surface area contributed by atoms with Crippen molar-refractivity contribution in [2.45, 2.75) is 53.1 Å². The lowest BCUT2D eigenvalue weighted by atomic mass is 10.0. The maximum absolute atomic E-state index is 11.9. The zero-order chi connectivity index (χ0) is 12.1. The molecular weight excluding hydrogens is 188 g/mol. The summed E-state index contributed by atoms with van der Waals surface area (Å²) in [6, 6.07) is 0.283. The van der Waals surface area contributed by atoms with Crippen molar-refractivity contribution < 1.29 is 4.79 Å². The molecule has 0 aliphatic heterocycles. The number of nitrogens with one attached hydrogen (secondary N) is 2. The second kappa shape index (κ2) is 3.21. The number of carbonyl (C=O) groups excluding carboxylic acids is 1. The smallest absolute Gasteiger partial charge is 0.239 e. The third-order valence-corrected chi connectivity index (χ3v) is 4.49. The summed E-state index contributed by atoms with van der Waals surface area (Å²) in [6.07, 6.45) is 0. The number of carbonyl (C=O) groups is 1. The van der Waals surface area contributed by atoms with Crippen LogP contribution in [0.15, 0.2) is 0 Å². The minimum absolute atomic E-state index is 0.0775. The van der Waals surface area contributed by atoms with E-state index in [0.29, 0.717) is 0 Å². The summed E-state index contributed by atoms with van der Waals surface area (Å²) in [7, 11) is 1.81. The number of likely N-dealkylation sites (N-methyl/N-ethyl adjacent to an activating group) is 1. The van der Waals surface area contributed by atoms with Gasteiger partial charge in [0.05, 0.1) is 5.54 Å². The fraction of sp³-hybridized carbons (Fsp3) is 0.917. The van der Waals surface area contributed by atoms with Crippen LogP contribution in [0.2, 0.25) is 0 Å². The first kappa shape index (κ1) is 12.5. The van der Waals surface area contributed by atoms with E-state index in [2.05, 4.69) is 38.3 Å². The maximum atomic E-state index is 11.9. The largest absolute Gasteiger partial charge is 0.351 e. The van der Waals surface area contributed by atoms with Gasteiger partial charge in [-0.15, -0.1) is 0 Å². The van der Waals surface area contributed by atoms with Crippen LogP contribution in [-0.4, -0.2) is 24.5 Å². The molecule has 3 nitrogen and oxygen atoms in total. The fourth-order valence-electron chi connectivity index (χ4n) is 1.98. The Morgan fingerprint density at radius 1 is 1.13 bits per heavy atom. The highest BCUT2D eigenvalue weighted by Gasteiger charge is 2.65. The molecule has 0 aromatic heterocycles. The van der Waals surface area contributed by atoms with Crippen molar-refractivity contribution in [1.29, 1.82) is 0 Å². The highest BCUT2D eigenvalue weighted by Crippen LogP contribution is 2.62. The number of rotatable bonds is 3. The summed E-state index contributed by atoms with van der Waals surface area (Å²) >= 11 is 0. The first-order chi connectivity index (χ1) is 6.57. The molecule has 3 heteroatoms. The molecule has 1 rings (SSSR count). The summed E-state index contributed by atoms with van der Waals surface area (Å²) in [5, 5.41) is 6.14. The van der Waals surface area contributed by atoms with Gasteiger partial charge in [-0.25, -0.2) is 0 Å². The van der Waals surface area contributed by atoms with Crippen LogP contribution < -0.4 is 10.6 Å². The zero-order valence-electron chi connectivity index (χ0n) is 11.0. The first-order valence-corrected chi connectivity index (χ1v) is 5.57. The van der Waals surface area contributed by atoms with Gasteiger partial charge in [0.15, 0.2) is 0 Å². The third-order valence-electron chi connectivity index (χ3n) is 4.49. The van der Waals surface area contributed by atoms with Gasteiger partial charge in [0.2, 0.25) is 5.91 Å². The van der Waals surface area contributed by atoms with Crippen molar-refractivity contribution >= 4 is 5.91 Å². The molecule has 0 bridgehead atoms. The molecule has 1 aliphatic carbocycles. The van der Waals surface area contributed by atoms with E-state index in [1.54, 1.807) is 0 Å². The van der Waals surface area contributed by atoms with Crippen LogP contribution in [-0.2, 0) is 4.79 Å². The normalized spacial score (nSPS) is 23.7. The van der Waals surface area contributed by atoms with E-state index in [4.69, 9.17) is 0 Å². The lowest BCUT2D eigenvalue weighted by Gasteiger charge is -2.23. The van der Waals surface area contributed by atoms with E-state index in [1.807, 2.05) is 20.9 Å².